The summed E-state index contributed by atoms with van der Waals surface area (Å²) < 4.78 is 12.3. The Balaban J connectivity index is 1.57. The second kappa shape index (κ2) is 9.87. The number of amides is 3. The van der Waals surface area contributed by atoms with E-state index in [1.807, 2.05) is 24.3 Å². The van der Waals surface area contributed by atoms with Crippen LogP contribution in [0.25, 0.3) is 6.08 Å². The minimum absolute atomic E-state index is 0.108. The molecule has 0 aliphatic carbocycles. The van der Waals surface area contributed by atoms with Gasteiger partial charge in [-0.2, -0.15) is 0 Å². The molecule has 0 unspecified atom stereocenters. The van der Waals surface area contributed by atoms with Gasteiger partial charge in [-0.1, -0.05) is 51.3 Å². The van der Waals surface area contributed by atoms with E-state index in [1.165, 1.54) is 13.2 Å². The molecule has 1 aliphatic rings. The maximum Gasteiger partial charge on any atom is 0.333 e. The maximum absolute atomic E-state index is 12.8. The molecule has 0 atom stereocenters. The Bertz CT molecular complexity index is 1240. The predicted molar refractivity (Wildman–Crippen MR) is 132 cm³/mol. The summed E-state index contributed by atoms with van der Waals surface area (Å²) in [5.41, 5.74) is 2.05. The van der Waals surface area contributed by atoms with E-state index < -0.39 is 11.9 Å². The molecule has 1 N–H and O–H groups in total. The summed E-state index contributed by atoms with van der Waals surface area (Å²) in [6, 6.07) is 16.9. The molecule has 4 rings (SSSR count). The second-order valence-electron chi connectivity index (χ2n) is 7.05. The molecule has 9 heteroatoms. The molecule has 1 heterocycles. The average Bonchev–Trinajstić information content (AvgIpc) is 3.07. The molecule has 0 aromatic heterocycles. The fourth-order valence-electron chi connectivity index (χ4n) is 3.23. The van der Waals surface area contributed by atoms with Crippen LogP contribution in [0.15, 0.2) is 70.8 Å². The van der Waals surface area contributed by atoms with Crippen LogP contribution < -0.4 is 19.7 Å². The van der Waals surface area contributed by atoms with Crippen molar-refractivity contribution in [3.63, 3.8) is 0 Å². The van der Waals surface area contributed by atoms with Crippen molar-refractivity contribution in [2.45, 2.75) is 6.61 Å². The molecule has 168 valence electrons. The lowest BCUT2D eigenvalue weighted by Crippen LogP contribution is -2.30. The molecule has 0 bridgehead atoms. The fraction of sp³-hybridized carbons (Fsp3) is 0.0833. The van der Waals surface area contributed by atoms with Crippen molar-refractivity contribution < 1.29 is 19.1 Å². The lowest BCUT2D eigenvalue weighted by molar-refractivity contribution is -0.113. The van der Waals surface area contributed by atoms with E-state index >= 15 is 0 Å². The summed E-state index contributed by atoms with van der Waals surface area (Å²) >= 11 is 15.8. The molecule has 0 spiro atoms. The molecular weight excluding hydrogens is 531 g/mol. The highest BCUT2D eigenvalue weighted by molar-refractivity contribution is 9.10. The normalized spacial score (nSPS) is 14.5. The molecule has 3 amide bonds. The van der Waals surface area contributed by atoms with Crippen LogP contribution in [0.1, 0.15) is 11.1 Å². The standard InChI is InChI=1S/C24H17BrCl2N2O4/c1-32-21-12-15(10-19(27)22(21)33-13-14-2-4-16(25)5-3-14)11-20-23(30)29(24(31)28-20)18-8-6-17(26)7-9-18/h2-12H,13H2,1H3,(H,28,31)/b20-11+. The molecule has 0 saturated carbocycles. The fourth-order valence-corrected chi connectivity index (χ4v) is 3.89. The Morgan fingerprint density at radius 3 is 2.39 bits per heavy atom. The number of methoxy groups -OCH3 is 1. The van der Waals surface area contributed by atoms with E-state index in [0.29, 0.717) is 39.4 Å². The van der Waals surface area contributed by atoms with Crippen LogP contribution in [-0.2, 0) is 11.4 Å². The van der Waals surface area contributed by atoms with E-state index in [1.54, 1.807) is 36.4 Å². The van der Waals surface area contributed by atoms with Gasteiger partial charge < -0.3 is 14.8 Å². The van der Waals surface area contributed by atoms with Gasteiger partial charge in [-0.05, 0) is 65.7 Å². The number of hydrogen-bond acceptors (Lipinski definition) is 4. The Labute approximate surface area is 208 Å². The Morgan fingerprint density at radius 1 is 1.03 bits per heavy atom. The van der Waals surface area contributed by atoms with Crippen LogP contribution in [0.4, 0.5) is 10.5 Å². The second-order valence-corrected chi connectivity index (χ2v) is 8.81. The molecule has 1 saturated heterocycles. The maximum atomic E-state index is 12.8. The van der Waals surface area contributed by atoms with Crippen molar-refractivity contribution in [1.29, 1.82) is 0 Å². The van der Waals surface area contributed by atoms with Crippen LogP contribution >= 0.6 is 39.1 Å². The first-order valence-corrected chi connectivity index (χ1v) is 11.3. The highest BCUT2D eigenvalue weighted by atomic mass is 79.9. The average molecular weight is 548 g/mol. The van der Waals surface area contributed by atoms with Crippen LogP contribution in [0.5, 0.6) is 11.5 Å². The number of urea groups is 1. The third kappa shape index (κ3) is 5.16. The monoisotopic (exact) mass is 546 g/mol. The van der Waals surface area contributed by atoms with Gasteiger partial charge in [-0.15, -0.1) is 0 Å². The summed E-state index contributed by atoms with van der Waals surface area (Å²) in [5.74, 6) is 0.291. The number of carbonyl (C=O) groups is 2. The van der Waals surface area contributed by atoms with Crippen molar-refractivity contribution in [2.24, 2.45) is 0 Å². The minimum Gasteiger partial charge on any atom is -0.493 e. The molecule has 3 aromatic rings. The largest absolute Gasteiger partial charge is 0.493 e. The Kier molecular flexibility index (Phi) is 6.93. The summed E-state index contributed by atoms with van der Waals surface area (Å²) in [6.07, 6.45) is 1.53. The van der Waals surface area contributed by atoms with Crippen LogP contribution in [0, 0.1) is 0 Å². The number of halogens is 3. The zero-order valence-corrected chi connectivity index (χ0v) is 20.4. The van der Waals surface area contributed by atoms with Crippen molar-refractivity contribution in [3.8, 4) is 11.5 Å². The lowest BCUT2D eigenvalue weighted by atomic mass is 10.1. The molecule has 0 radical (unpaired) electrons. The van der Waals surface area contributed by atoms with Crippen molar-refractivity contribution in [1.82, 2.24) is 5.32 Å². The van der Waals surface area contributed by atoms with E-state index in [4.69, 9.17) is 32.7 Å². The number of anilines is 1. The third-order valence-electron chi connectivity index (χ3n) is 4.82. The smallest absolute Gasteiger partial charge is 0.333 e. The number of carbonyl (C=O) groups excluding carboxylic acids is 2. The SMILES string of the molecule is COc1cc(/C=C2/NC(=O)N(c3ccc(Cl)cc3)C2=O)cc(Cl)c1OCc1ccc(Br)cc1. The number of nitrogens with zero attached hydrogens (tertiary/aromatic N) is 1. The zero-order valence-electron chi connectivity index (χ0n) is 17.3. The Hall–Kier alpha value is -3.00. The first kappa shape index (κ1) is 23.2. The summed E-state index contributed by atoms with van der Waals surface area (Å²) in [7, 11) is 1.50. The number of hydrogen-bond donors (Lipinski definition) is 1. The van der Waals surface area contributed by atoms with Gasteiger partial charge in [-0.25, -0.2) is 9.69 Å². The lowest BCUT2D eigenvalue weighted by Gasteiger charge is -2.14. The van der Waals surface area contributed by atoms with E-state index in [9.17, 15) is 9.59 Å². The van der Waals surface area contributed by atoms with Gasteiger partial charge in [0.25, 0.3) is 5.91 Å². The summed E-state index contributed by atoms with van der Waals surface area (Å²) in [6.45, 7) is 0.300. The summed E-state index contributed by atoms with van der Waals surface area (Å²) in [4.78, 5) is 26.3. The van der Waals surface area contributed by atoms with Gasteiger partial charge in [0.1, 0.15) is 12.3 Å². The van der Waals surface area contributed by atoms with Crippen molar-refractivity contribution >= 4 is 62.8 Å². The molecule has 6 nitrogen and oxygen atoms in total. The topological polar surface area (TPSA) is 67.9 Å². The van der Waals surface area contributed by atoms with Crippen LogP contribution in [0.2, 0.25) is 10.0 Å². The van der Waals surface area contributed by atoms with Crippen LogP contribution in [0.3, 0.4) is 0 Å². The van der Waals surface area contributed by atoms with Gasteiger partial charge >= 0.3 is 6.03 Å². The quantitative estimate of drug-likeness (QED) is 0.285. The van der Waals surface area contributed by atoms with Gasteiger partial charge in [0.05, 0.1) is 17.8 Å². The molecule has 33 heavy (non-hydrogen) atoms. The minimum atomic E-state index is -0.555. The first-order valence-electron chi connectivity index (χ1n) is 9.73. The van der Waals surface area contributed by atoms with Gasteiger partial charge in [-0.3, -0.25) is 4.79 Å². The number of imide groups is 1. The van der Waals surface area contributed by atoms with Crippen LogP contribution in [-0.4, -0.2) is 19.0 Å². The Morgan fingerprint density at radius 2 is 1.73 bits per heavy atom. The van der Waals surface area contributed by atoms with Crippen molar-refractivity contribution in [3.05, 3.63) is 92.0 Å². The van der Waals surface area contributed by atoms with Gasteiger partial charge in [0.2, 0.25) is 0 Å². The molecule has 1 aliphatic heterocycles. The third-order valence-corrected chi connectivity index (χ3v) is 5.88. The number of nitrogens with one attached hydrogen (secondary N) is 1. The van der Waals surface area contributed by atoms with E-state index in [-0.39, 0.29) is 5.70 Å². The number of rotatable bonds is 6. The van der Waals surface area contributed by atoms with Gasteiger partial charge in [0.15, 0.2) is 11.5 Å². The number of benzene rings is 3. The zero-order chi connectivity index (χ0) is 23.5. The van der Waals surface area contributed by atoms with Gasteiger partial charge in [0, 0.05) is 9.50 Å². The number of ether oxygens (including phenoxy) is 2. The first-order chi connectivity index (χ1) is 15.9. The van der Waals surface area contributed by atoms with E-state index in [2.05, 4.69) is 21.2 Å². The summed E-state index contributed by atoms with van der Waals surface area (Å²) in [5, 5.41) is 3.40. The molecular formula is C24H17BrCl2N2O4. The van der Waals surface area contributed by atoms with Crippen molar-refractivity contribution in [2.75, 3.05) is 12.0 Å². The molecule has 3 aromatic carbocycles. The highest BCUT2D eigenvalue weighted by Crippen LogP contribution is 2.38. The highest BCUT2D eigenvalue weighted by Gasteiger charge is 2.34. The molecule has 1 fully saturated rings. The van der Waals surface area contributed by atoms with E-state index in [0.717, 1.165) is 14.9 Å². The predicted octanol–water partition coefficient (Wildman–Crippen LogP) is 6.44.